The number of piperidine rings is 1. The number of aromatic nitrogens is 2. The maximum absolute atomic E-state index is 13.5. The van der Waals surface area contributed by atoms with Crippen LogP contribution in [0.2, 0.25) is 0 Å². The summed E-state index contributed by atoms with van der Waals surface area (Å²) in [7, 11) is 3.39. The molecule has 0 spiro atoms. The van der Waals surface area contributed by atoms with Gasteiger partial charge in [-0.15, -0.1) is 22.7 Å². The highest BCUT2D eigenvalue weighted by Gasteiger charge is 2.33. The van der Waals surface area contributed by atoms with Crippen molar-refractivity contribution in [3.8, 4) is 0 Å². The molecule has 1 unspecified atom stereocenters. The van der Waals surface area contributed by atoms with E-state index in [0.717, 1.165) is 27.2 Å². The predicted octanol–water partition coefficient (Wildman–Crippen LogP) is 1.94. The Balaban J connectivity index is 1.75. The van der Waals surface area contributed by atoms with Crippen LogP contribution in [0.5, 0.6) is 0 Å². The van der Waals surface area contributed by atoms with Gasteiger partial charge in [0.1, 0.15) is 11.4 Å². The largest absolute Gasteiger partial charge is 0.384 e. The van der Waals surface area contributed by atoms with Crippen molar-refractivity contribution in [2.75, 3.05) is 32.9 Å². The molecule has 1 fully saturated rings. The predicted molar refractivity (Wildman–Crippen MR) is 138 cm³/mol. The number of likely N-dealkylation sites (tertiary alicyclic amines) is 1. The molecule has 186 valence electrons. The molecule has 0 saturated carbocycles. The topological polar surface area (TPSA) is 111 Å². The summed E-state index contributed by atoms with van der Waals surface area (Å²) >= 11 is 2.89. The second-order valence-corrected chi connectivity index (χ2v) is 10.9. The van der Waals surface area contributed by atoms with Crippen molar-refractivity contribution < 1.29 is 9.59 Å². The van der Waals surface area contributed by atoms with Crippen molar-refractivity contribution in [2.24, 2.45) is 0 Å². The van der Waals surface area contributed by atoms with Gasteiger partial charge in [0, 0.05) is 23.8 Å². The zero-order valence-electron chi connectivity index (χ0n) is 19.8. The van der Waals surface area contributed by atoms with Gasteiger partial charge in [0.05, 0.1) is 25.7 Å². The zero-order chi connectivity index (χ0) is 25.1. The first-order valence-electron chi connectivity index (χ1n) is 11.4. The Morgan fingerprint density at radius 1 is 1.03 bits per heavy atom. The van der Waals surface area contributed by atoms with E-state index in [-0.39, 0.29) is 36.9 Å². The minimum atomic E-state index is -0.694. The molecule has 11 heteroatoms. The Kier molecular flexibility index (Phi) is 7.68. The minimum absolute atomic E-state index is 0.0613. The van der Waals surface area contributed by atoms with Gasteiger partial charge in [-0.3, -0.25) is 28.4 Å². The molecule has 1 amide bonds. The molecule has 1 atom stereocenters. The monoisotopic (exact) mass is 515 g/mol. The number of nitrogens with zero attached hydrogens (tertiary/aromatic N) is 4. The number of hydrogen-bond donors (Lipinski definition) is 1. The minimum Gasteiger partial charge on any atom is -0.384 e. The molecule has 4 rings (SSSR count). The Bertz CT molecular complexity index is 1310. The number of carbonyl (C=O) groups excluding carboxylic acids is 2. The number of thiophene rings is 2. The molecule has 35 heavy (non-hydrogen) atoms. The summed E-state index contributed by atoms with van der Waals surface area (Å²) in [4.78, 5) is 58.1. The van der Waals surface area contributed by atoms with E-state index >= 15 is 0 Å². The first kappa shape index (κ1) is 25.1. The van der Waals surface area contributed by atoms with Crippen molar-refractivity contribution in [3.05, 3.63) is 71.2 Å². The van der Waals surface area contributed by atoms with Crippen molar-refractivity contribution in [2.45, 2.75) is 38.4 Å². The number of ketones is 1. The van der Waals surface area contributed by atoms with Crippen LogP contribution < -0.4 is 17.0 Å². The molecule has 1 aliphatic rings. The average molecular weight is 516 g/mol. The second kappa shape index (κ2) is 10.7. The zero-order valence-corrected chi connectivity index (χ0v) is 21.4. The quantitative estimate of drug-likeness (QED) is 0.459. The molecule has 4 heterocycles. The maximum Gasteiger partial charge on any atom is 0.333 e. The summed E-state index contributed by atoms with van der Waals surface area (Å²) < 4.78 is 2.38. The second-order valence-electron chi connectivity index (χ2n) is 8.82. The number of likely N-dealkylation sites (N-methyl/N-ethyl adjacent to an activating group) is 1. The normalized spacial score (nSPS) is 16.3. The lowest BCUT2D eigenvalue weighted by atomic mass is 10.00. The van der Waals surface area contributed by atoms with E-state index in [1.165, 1.54) is 32.1 Å². The van der Waals surface area contributed by atoms with Crippen LogP contribution in [0.3, 0.4) is 0 Å². The fourth-order valence-electron chi connectivity index (χ4n) is 4.41. The molecule has 0 aliphatic carbocycles. The van der Waals surface area contributed by atoms with Gasteiger partial charge < -0.3 is 10.6 Å². The highest BCUT2D eigenvalue weighted by atomic mass is 32.1. The summed E-state index contributed by atoms with van der Waals surface area (Å²) in [6, 6.07) is 7.00. The van der Waals surface area contributed by atoms with Crippen molar-refractivity contribution in [3.63, 3.8) is 0 Å². The van der Waals surface area contributed by atoms with Gasteiger partial charge in [-0.05, 0) is 42.3 Å². The van der Waals surface area contributed by atoms with Crippen molar-refractivity contribution >= 4 is 40.2 Å². The Labute approximate surface area is 211 Å². The van der Waals surface area contributed by atoms with Crippen LogP contribution in [0, 0.1) is 0 Å². The van der Waals surface area contributed by atoms with Gasteiger partial charge in [0.2, 0.25) is 5.91 Å². The molecule has 0 aromatic carbocycles. The van der Waals surface area contributed by atoms with Crippen LogP contribution in [-0.4, -0.2) is 63.9 Å². The standard InChI is InChI=1S/C24H29N5O4S2/c1-26(2)22(31)18-9-3-4-10-27(18)15-19(30)20-21(25)28(13-16-7-5-11-34-16)24(33)29(23(20)32)14-17-8-6-12-35-17/h5-8,11-12,18H,3-4,9-10,13-15,25H2,1-2H3. The van der Waals surface area contributed by atoms with Crippen LogP contribution in [0.1, 0.15) is 39.4 Å². The lowest BCUT2D eigenvalue weighted by Gasteiger charge is -2.35. The number of carbonyl (C=O) groups is 2. The summed E-state index contributed by atoms with van der Waals surface area (Å²) in [5, 5.41) is 3.76. The number of amides is 1. The van der Waals surface area contributed by atoms with E-state index in [9.17, 15) is 19.2 Å². The average Bonchev–Trinajstić information content (AvgIpc) is 3.54. The van der Waals surface area contributed by atoms with Crippen LogP contribution in [0.25, 0.3) is 0 Å². The van der Waals surface area contributed by atoms with Crippen LogP contribution in [-0.2, 0) is 17.9 Å². The van der Waals surface area contributed by atoms with E-state index in [1.54, 1.807) is 14.1 Å². The van der Waals surface area contributed by atoms with Crippen LogP contribution in [0.4, 0.5) is 5.82 Å². The molecule has 1 saturated heterocycles. The molecule has 9 nitrogen and oxygen atoms in total. The Morgan fingerprint density at radius 3 is 2.23 bits per heavy atom. The molecule has 3 aromatic heterocycles. The smallest absolute Gasteiger partial charge is 0.333 e. The van der Waals surface area contributed by atoms with Crippen LogP contribution >= 0.6 is 22.7 Å². The van der Waals surface area contributed by atoms with E-state index in [0.29, 0.717) is 13.0 Å². The molecular formula is C24H29N5O4S2. The van der Waals surface area contributed by atoms with Crippen LogP contribution in [0.15, 0.2) is 44.6 Å². The Morgan fingerprint density at radius 2 is 1.66 bits per heavy atom. The van der Waals surface area contributed by atoms with E-state index in [4.69, 9.17) is 5.73 Å². The SMILES string of the molecule is CN(C)C(=O)C1CCCCN1CC(=O)c1c(N)n(Cc2cccs2)c(=O)n(Cc2cccs2)c1=O. The third kappa shape index (κ3) is 5.31. The lowest BCUT2D eigenvalue weighted by Crippen LogP contribution is -2.51. The van der Waals surface area contributed by atoms with Gasteiger partial charge in [0.25, 0.3) is 5.56 Å². The summed E-state index contributed by atoms with van der Waals surface area (Å²) in [5.41, 5.74) is 4.89. The first-order valence-corrected chi connectivity index (χ1v) is 13.2. The van der Waals surface area contributed by atoms with E-state index in [1.807, 2.05) is 39.9 Å². The number of nitrogen functional groups attached to an aromatic ring is 1. The van der Waals surface area contributed by atoms with Gasteiger partial charge in [0.15, 0.2) is 5.78 Å². The number of nitrogens with two attached hydrogens (primary N) is 1. The third-order valence-corrected chi connectivity index (χ3v) is 7.94. The molecular weight excluding hydrogens is 486 g/mol. The fourth-order valence-corrected chi connectivity index (χ4v) is 5.79. The molecule has 3 aromatic rings. The maximum atomic E-state index is 13.5. The van der Waals surface area contributed by atoms with E-state index < -0.39 is 23.1 Å². The molecule has 1 aliphatic heterocycles. The van der Waals surface area contributed by atoms with Gasteiger partial charge >= 0.3 is 5.69 Å². The van der Waals surface area contributed by atoms with Crippen molar-refractivity contribution in [1.29, 1.82) is 0 Å². The lowest BCUT2D eigenvalue weighted by molar-refractivity contribution is -0.135. The summed E-state index contributed by atoms with van der Waals surface area (Å²) in [6.07, 6.45) is 2.41. The van der Waals surface area contributed by atoms with Gasteiger partial charge in [-0.2, -0.15) is 0 Å². The molecule has 0 radical (unpaired) electrons. The summed E-state index contributed by atoms with van der Waals surface area (Å²) in [5.74, 6) is -0.678. The number of Topliss-reactive ketones (excluding diaryl/α,β-unsaturated/α-hetero) is 1. The Hall–Kier alpha value is -3.02. The molecule has 0 bridgehead atoms. The number of anilines is 1. The highest BCUT2D eigenvalue weighted by Crippen LogP contribution is 2.20. The van der Waals surface area contributed by atoms with Gasteiger partial charge in [-0.1, -0.05) is 18.6 Å². The molecule has 2 N–H and O–H groups in total. The van der Waals surface area contributed by atoms with E-state index in [2.05, 4.69) is 0 Å². The summed E-state index contributed by atoms with van der Waals surface area (Å²) in [6.45, 7) is 0.693. The highest BCUT2D eigenvalue weighted by molar-refractivity contribution is 7.10. The van der Waals surface area contributed by atoms with Gasteiger partial charge in [-0.25, -0.2) is 4.79 Å². The fraction of sp³-hybridized carbons (Fsp3) is 0.417. The van der Waals surface area contributed by atoms with Crippen molar-refractivity contribution in [1.82, 2.24) is 18.9 Å². The number of hydrogen-bond acceptors (Lipinski definition) is 8. The number of rotatable bonds is 8. The first-order chi connectivity index (χ1) is 16.8. The third-order valence-electron chi connectivity index (χ3n) is 6.22.